The van der Waals surface area contributed by atoms with Crippen molar-refractivity contribution in [2.24, 2.45) is 0 Å². The first-order valence-electron chi connectivity index (χ1n) is 11.0. The van der Waals surface area contributed by atoms with E-state index in [4.69, 9.17) is 4.74 Å². The number of carbonyl (C=O) groups excluding carboxylic acids is 2. The third-order valence-corrected chi connectivity index (χ3v) is 5.76. The number of rotatable bonds is 6. The van der Waals surface area contributed by atoms with Gasteiger partial charge in [-0.25, -0.2) is 4.98 Å². The summed E-state index contributed by atoms with van der Waals surface area (Å²) in [5.74, 6) is -0.403. The van der Waals surface area contributed by atoms with Crippen LogP contribution >= 0.6 is 0 Å². The molecule has 0 spiro atoms. The molecule has 0 saturated carbocycles. The molecule has 0 unspecified atom stereocenters. The lowest BCUT2D eigenvalue weighted by Crippen LogP contribution is -2.27. The highest BCUT2D eigenvalue weighted by Crippen LogP contribution is 2.30. The number of nitrogens with zero attached hydrogens (tertiary/aromatic N) is 2. The number of ether oxygens (including phenoxy) is 1. The maximum atomic E-state index is 13.0. The average molecular weight is 496 g/mol. The molecule has 0 fully saturated rings. The zero-order valence-electron chi connectivity index (χ0n) is 19.7. The van der Waals surface area contributed by atoms with E-state index in [-0.39, 0.29) is 11.5 Å². The minimum absolute atomic E-state index is 0.0958. The van der Waals surface area contributed by atoms with Crippen LogP contribution < -0.4 is 15.4 Å². The number of fused-ring (bicyclic) bond motifs is 1. The van der Waals surface area contributed by atoms with Gasteiger partial charge in [0, 0.05) is 23.5 Å². The van der Waals surface area contributed by atoms with Gasteiger partial charge in [0.05, 0.1) is 24.9 Å². The molecule has 0 aliphatic heterocycles. The van der Waals surface area contributed by atoms with Gasteiger partial charge in [0.2, 0.25) is 0 Å². The number of aromatic nitrogens is 2. The Balaban J connectivity index is 1.51. The minimum Gasteiger partial charge on any atom is -0.497 e. The Labute approximate surface area is 204 Å². The lowest BCUT2D eigenvalue weighted by molar-refractivity contribution is -0.137. The van der Waals surface area contributed by atoms with E-state index in [9.17, 15) is 22.8 Å². The van der Waals surface area contributed by atoms with Gasteiger partial charge in [0.25, 0.3) is 11.8 Å². The van der Waals surface area contributed by atoms with Crippen molar-refractivity contribution in [3.8, 4) is 5.75 Å². The normalized spacial score (nSPS) is 12.3. The molecule has 2 N–H and O–H groups in total. The molecule has 10 heteroatoms. The van der Waals surface area contributed by atoms with Gasteiger partial charge < -0.3 is 15.4 Å². The van der Waals surface area contributed by atoms with Crippen LogP contribution in [0.2, 0.25) is 0 Å². The van der Waals surface area contributed by atoms with Crippen LogP contribution in [0.5, 0.6) is 5.75 Å². The highest BCUT2D eigenvalue weighted by atomic mass is 19.4. The Kier molecular flexibility index (Phi) is 6.69. The lowest BCUT2D eigenvalue weighted by Gasteiger charge is -2.17. The Morgan fingerprint density at radius 3 is 2.56 bits per heavy atom. The number of halogens is 3. The predicted molar refractivity (Wildman–Crippen MR) is 128 cm³/mol. The van der Waals surface area contributed by atoms with E-state index in [2.05, 4.69) is 15.6 Å². The first-order valence-corrected chi connectivity index (χ1v) is 11.0. The number of aryl methyl sites for hydroxylation is 1. The fraction of sp³-hybridized carbons (Fsp3) is 0.192. The highest BCUT2D eigenvalue weighted by molar-refractivity contribution is 6.04. The van der Waals surface area contributed by atoms with Gasteiger partial charge in [-0.05, 0) is 55.3 Å². The van der Waals surface area contributed by atoms with Gasteiger partial charge in [0.15, 0.2) is 0 Å². The number of amides is 2. The van der Waals surface area contributed by atoms with Crippen molar-refractivity contribution in [3.63, 3.8) is 0 Å². The minimum atomic E-state index is -4.54. The molecule has 7 nitrogen and oxygen atoms in total. The number of benzene rings is 2. The van der Waals surface area contributed by atoms with E-state index in [1.807, 2.05) is 6.92 Å². The van der Waals surface area contributed by atoms with E-state index < -0.39 is 23.7 Å². The summed E-state index contributed by atoms with van der Waals surface area (Å²) in [5, 5.41) is 5.58. The van der Waals surface area contributed by atoms with Crippen LogP contribution in [0.25, 0.3) is 5.65 Å². The third kappa shape index (κ3) is 5.17. The molecule has 4 rings (SSSR count). The zero-order valence-corrected chi connectivity index (χ0v) is 19.7. The first-order chi connectivity index (χ1) is 17.1. The maximum Gasteiger partial charge on any atom is 0.416 e. The van der Waals surface area contributed by atoms with Crippen molar-refractivity contribution < 1.29 is 27.5 Å². The standard InChI is InChI=1S/C26H23F3N4O3/c1-15-7-8-17(16(2)31-24(34)18-5-4-6-19(11-18)26(27,28)29)12-21(15)32-25(35)22-14-30-23-13-20(36-3)9-10-33(22)23/h4-14,16H,1-3H3,(H,31,34)(H,32,35)/t16-/m0/s1. The van der Waals surface area contributed by atoms with E-state index in [0.717, 1.165) is 17.7 Å². The molecule has 0 aliphatic carbocycles. The van der Waals surface area contributed by atoms with Crippen LogP contribution in [0.4, 0.5) is 18.9 Å². The van der Waals surface area contributed by atoms with Gasteiger partial charge in [0.1, 0.15) is 17.1 Å². The first kappa shape index (κ1) is 24.8. The summed E-state index contributed by atoms with van der Waals surface area (Å²) in [6, 6.07) is 12.4. The van der Waals surface area contributed by atoms with E-state index >= 15 is 0 Å². The van der Waals surface area contributed by atoms with Gasteiger partial charge in [-0.1, -0.05) is 18.2 Å². The van der Waals surface area contributed by atoms with Crippen LogP contribution in [0, 0.1) is 6.92 Å². The van der Waals surface area contributed by atoms with Crippen LogP contribution in [0.15, 0.2) is 67.0 Å². The fourth-order valence-corrected chi connectivity index (χ4v) is 3.69. The molecule has 2 amide bonds. The fourth-order valence-electron chi connectivity index (χ4n) is 3.69. The van der Waals surface area contributed by atoms with E-state index in [1.165, 1.54) is 18.3 Å². The molecule has 1 atom stereocenters. The van der Waals surface area contributed by atoms with Crippen LogP contribution in [-0.4, -0.2) is 28.3 Å². The molecule has 0 aliphatic rings. The largest absolute Gasteiger partial charge is 0.497 e. The Hall–Kier alpha value is -4.34. The van der Waals surface area contributed by atoms with Crippen molar-refractivity contribution >= 4 is 23.1 Å². The summed E-state index contributed by atoms with van der Waals surface area (Å²) in [5.41, 5.74) is 1.87. The van der Waals surface area contributed by atoms with Crippen LogP contribution in [0.3, 0.4) is 0 Å². The summed E-state index contributed by atoms with van der Waals surface area (Å²) in [6.45, 7) is 3.53. The molecule has 0 bridgehead atoms. The number of hydrogen-bond acceptors (Lipinski definition) is 4. The quantitative estimate of drug-likeness (QED) is 0.374. The molecule has 0 radical (unpaired) electrons. The molecule has 0 saturated heterocycles. The molecular formula is C26H23F3N4O3. The molecule has 2 heterocycles. The molecule has 2 aromatic heterocycles. The summed E-state index contributed by atoms with van der Waals surface area (Å²) in [6.07, 6.45) is -1.40. The number of pyridine rings is 1. The number of anilines is 1. The van der Waals surface area contributed by atoms with E-state index in [0.29, 0.717) is 28.3 Å². The van der Waals surface area contributed by atoms with Crippen molar-refractivity contribution in [3.05, 3.63) is 94.9 Å². The summed E-state index contributed by atoms with van der Waals surface area (Å²) in [4.78, 5) is 29.8. The monoisotopic (exact) mass is 496 g/mol. The van der Waals surface area contributed by atoms with Gasteiger partial charge >= 0.3 is 6.18 Å². The number of hydrogen-bond donors (Lipinski definition) is 2. The van der Waals surface area contributed by atoms with Gasteiger partial charge in [-0.15, -0.1) is 0 Å². The summed E-state index contributed by atoms with van der Waals surface area (Å²) in [7, 11) is 1.54. The summed E-state index contributed by atoms with van der Waals surface area (Å²) >= 11 is 0. The molecule has 2 aromatic carbocycles. The number of imidazole rings is 1. The molecule has 4 aromatic rings. The number of carbonyl (C=O) groups is 2. The third-order valence-electron chi connectivity index (χ3n) is 5.76. The number of nitrogens with one attached hydrogen (secondary N) is 2. The highest BCUT2D eigenvalue weighted by Gasteiger charge is 2.31. The second-order valence-corrected chi connectivity index (χ2v) is 8.24. The SMILES string of the molecule is COc1ccn2c(C(=O)Nc3cc([C@H](C)NC(=O)c4cccc(C(F)(F)F)c4)ccc3C)cnc2c1. The van der Waals surface area contributed by atoms with Crippen molar-refractivity contribution in [1.82, 2.24) is 14.7 Å². The number of alkyl halides is 3. The second kappa shape index (κ2) is 9.73. The van der Waals surface area contributed by atoms with E-state index in [1.54, 1.807) is 55.0 Å². The Morgan fingerprint density at radius 1 is 1.06 bits per heavy atom. The summed E-state index contributed by atoms with van der Waals surface area (Å²) < 4.78 is 45.8. The van der Waals surface area contributed by atoms with Crippen molar-refractivity contribution in [2.45, 2.75) is 26.1 Å². The smallest absolute Gasteiger partial charge is 0.416 e. The van der Waals surface area contributed by atoms with Crippen molar-refractivity contribution in [1.29, 1.82) is 0 Å². The average Bonchev–Trinajstić information content (AvgIpc) is 3.28. The maximum absolute atomic E-state index is 13.0. The molecular weight excluding hydrogens is 473 g/mol. The van der Waals surface area contributed by atoms with Crippen molar-refractivity contribution in [2.75, 3.05) is 12.4 Å². The van der Waals surface area contributed by atoms with Gasteiger partial charge in [-0.2, -0.15) is 13.2 Å². The van der Waals surface area contributed by atoms with Crippen LogP contribution in [0.1, 0.15) is 50.5 Å². The van der Waals surface area contributed by atoms with Crippen LogP contribution in [-0.2, 0) is 6.18 Å². The number of methoxy groups -OCH3 is 1. The predicted octanol–water partition coefficient (Wildman–Crippen LogP) is 5.41. The Bertz CT molecular complexity index is 1450. The lowest BCUT2D eigenvalue weighted by atomic mass is 10.0. The zero-order chi connectivity index (χ0) is 26.0. The van der Waals surface area contributed by atoms with Gasteiger partial charge in [-0.3, -0.25) is 14.0 Å². The second-order valence-electron chi connectivity index (χ2n) is 8.24. The topological polar surface area (TPSA) is 84.7 Å². The molecule has 186 valence electrons. The Morgan fingerprint density at radius 2 is 1.83 bits per heavy atom. The molecule has 36 heavy (non-hydrogen) atoms.